The number of nitro groups is 1. The summed E-state index contributed by atoms with van der Waals surface area (Å²) in [4.78, 5) is 10.1. The van der Waals surface area contributed by atoms with Gasteiger partial charge < -0.3 is 14.8 Å². The molecule has 0 spiro atoms. The van der Waals surface area contributed by atoms with Gasteiger partial charge in [-0.05, 0) is 42.0 Å². The van der Waals surface area contributed by atoms with E-state index in [1.807, 2.05) is 24.3 Å². The minimum Gasteiger partial charge on any atom is -0.497 e. The van der Waals surface area contributed by atoms with Crippen LogP contribution in [0, 0.1) is 10.1 Å². The van der Waals surface area contributed by atoms with Crippen LogP contribution in [0.15, 0.2) is 48.5 Å². The Bertz CT molecular complexity index is 689. The number of nitrogens with one attached hydrogen (secondary N) is 1. The fraction of sp³-hybridized carbons (Fsp3) is 0.188. The molecule has 23 heavy (non-hydrogen) atoms. The van der Waals surface area contributed by atoms with E-state index in [1.54, 1.807) is 19.2 Å². The van der Waals surface area contributed by atoms with Gasteiger partial charge in [-0.3, -0.25) is 10.1 Å². The molecular formula is C16H16N2O4S. The fourth-order valence-electron chi connectivity index (χ4n) is 1.91. The molecule has 0 saturated heterocycles. The number of hydrogen-bond acceptors (Lipinski definition) is 5. The molecule has 0 bridgehead atoms. The average molecular weight is 332 g/mol. The van der Waals surface area contributed by atoms with Gasteiger partial charge in [0.15, 0.2) is 0 Å². The van der Waals surface area contributed by atoms with E-state index in [-0.39, 0.29) is 10.9 Å². The molecule has 0 aliphatic heterocycles. The second-order valence-electron chi connectivity index (χ2n) is 4.67. The lowest BCUT2D eigenvalue weighted by Gasteiger charge is -2.10. The summed E-state index contributed by atoms with van der Waals surface area (Å²) in [6.07, 6.45) is 0.694. The van der Waals surface area contributed by atoms with Gasteiger partial charge in [-0.15, -0.1) is 0 Å². The molecule has 2 aromatic rings. The van der Waals surface area contributed by atoms with Crippen LogP contribution in [0.25, 0.3) is 0 Å². The highest BCUT2D eigenvalue weighted by Crippen LogP contribution is 2.16. The van der Waals surface area contributed by atoms with Crippen LogP contribution >= 0.6 is 12.2 Å². The third kappa shape index (κ3) is 5.23. The van der Waals surface area contributed by atoms with Crippen LogP contribution in [-0.4, -0.2) is 23.8 Å². The standard InChI is InChI=1S/C16H16N2O4S/c1-21-15-4-2-3-12(11-15)9-10-22-16(23)17-13-5-7-14(8-6-13)18(19)20/h2-8,11H,9-10H2,1H3,(H,17,23). The number of nitrogens with zero attached hydrogens (tertiary/aromatic N) is 1. The summed E-state index contributed by atoms with van der Waals surface area (Å²) in [5.41, 5.74) is 1.75. The first kappa shape index (κ1) is 16.7. The molecule has 6 nitrogen and oxygen atoms in total. The number of non-ortho nitro benzene ring substituents is 1. The highest BCUT2D eigenvalue weighted by atomic mass is 32.1. The largest absolute Gasteiger partial charge is 0.497 e. The molecule has 0 fully saturated rings. The zero-order valence-electron chi connectivity index (χ0n) is 12.5. The minimum absolute atomic E-state index is 0.0282. The van der Waals surface area contributed by atoms with E-state index in [0.29, 0.717) is 18.7 Å². The summed E-state index contributed by atoms with van der Waals surface area (Å²) in [6, 6.07) is 13.7. The highest BCUT2D eigenvalue weighted by Gasteiger charge is 2.05. The fourth-order valence-corrected chi connectivity index (χ4v) is 2.11. The van der Waals surface area contributed by atoms with Crippen molar-refractivity contribution < 1.29 is 14.4 Å². The molecule has 0 aliphatic rings. The van der Waals surface area contributed by atoms with Gasteiger partial charge in [-0.25, -0.2) is 0 Å². The van der Waals surface area contributed by atoms with E-state index >= 15 is 0 Å². The van der Waals surface area contributed by atoms with Gasteiger partial charge in [0.05, 0.1) is 18.6 Å². The van der Waals surface area contributed by atoms with Gasteiger partial charge in [0.2, 0.25) is 0 Å². The number of hydrogen-bond donors (Lipinski definition) is 1. The SMILES string of the molecule is COc1cccc(CCOC(=S)Nc2ccc([N+](=O)[O-])cc2)c1. The second kappa shape index (κ2) is 8.09. The van der Waals surface area contributed by atoms with Crippen LogP contribution in [0.4, 0.5) is 11.4 Å². The summed E-state index contributed by atoms with van der Waals surface area (Å²) in [7, 11) is 1.62. The normalized spacial score (nSPS) is 9.96. The third-order valence-corrected chi connectivity index (χ3v) is 3.30. The molecule has 7 heteroatoms. The van der Waals surface area contributed by atoms with Crippen LogP contribution in [0.1, 0.15) is 5.56 Å². The van der Waals surface area contributed by atoms with E-state index in [9.17, 15) is 10.1 Å². The first-order valence-electron chi connectivity index (χ1n) is 6.89. The number of methoxy groups -OCH3 is 1. The van der Waals surface area contributed by atoms with Crippen molar-refractivity contribution in [2.24, 2.45) is 0 Å². The summed E-state index contributed by atoms with van der Waals surface area (Å²) in [5.74, 6) is 0.800. The lowest BCUT2D eigenvalue weighted by molar-refractivity contribution is -0.384. The summed E-state index contributed by atoms with van der Waals surface area (Å²) in [5, 5.41) is 13.7. The summed E-state index contributed by atoms with van der Waals surface area (Å²) >= 11 is 5.09. The van der Waals surface area contributed by atoms with Crippen LogP contribution in [0.2, 0.25) is 0 Å². The monoisotopic (exact) mass is 332 g/mol. The molecule has 120 valence electrons. The molecule has 0 radical (unpaired) electrons. The van der Waals surface area contributed by atoms with Crippen molar-refractivity contribution in [1.29, 1.82) is 0 Å². The zero-order chi connectivity index (χ0) is 16.7. The van der Waals surface area contributed by atoms with Crippen LogP contribution in [0.5, 0.6) is 5.75 Å². The molecule has 0 aromatic heterocycles. The molecule has 2 rings (SSSR count). The van der Waals surface area contributed by atoms with E-state index in [4.69, 9.17) is 21.7 Å². The zero-order valence-corrected chi connectivity index (χ0v) is 13.3. The number of ether oxygens (including phenoxy) is 2. The molecule has 1 N–H and O–H groups in total. The summed E-state index contributed by atoms with van der Waals surface area (Å²) in [6.45, 7) is 0.423. The predicted octanol–water partition coefficient (Wildman–Crippen LogP) is 3.56. The first-order valence-corrected chi connectivity index (χ1v) is 7.30. The number of anilines is 1. The van der Waals surface area contributed by atoms with Crippen molar-refractivity contribution in [1.82, 2.24) is 0 Å². The Kier molecular flexibility index (Phi) is 5.87. The van der Waals surface area contributed by atoms with Crippen molar-refractivity contribution in [3.05, 3.63) is 64.2 Å². The third-order valence-electron chi connectivity index (χ3n) is 3.08. The second-order valence-corrected chi connectivity index (χ2v) is 5.04. The Morgan fingerprint density at radius 2 is 2.00 bits per heavy atom. The molecule has 0 saturated carbocycles. The smallest absolute Gasteiger partial charge is 0.269 e. The molecule has 2 aromatic carbocycles. The molecule has 0 aliphatic carbocycles. The lowest BCUT2D eigenvalue weighted by Crippen LogP contribution is -2.15. The van der Waals surface area contributed by atoms with Crippen molar-refractivity contribution in [3.8, 4) is 5.75 Å². The van der Waals surface area contributed by atoms with Gasteiger partial charge in [0, 0.05) is 24.2 Å². The Morgan fingerprint density at radius 1 is 1.26 bits per heavy atom. The predicted molar refractivity (Wildman–Crippen MR) is 92.0 cm³/mol. The molecule has 0 unspecified atom stereocenters. The number of benzene rings is 2. The number of nitro benzene ring substituents is 1. The number of thiocarbonyl (C=S) groups is 1. The molecule has 0 atom stereocenters. The Hall–Kier alpha value is -2.67. The lowest BCUT2D eigenvalue weighted by atomic mass is 10.1. The molecule has 0 amide bonds. The molecule has 0 heterocycles. The van der Waals surface area contributed by atoms with Gasteiger partial charge in [0.25, 0.3) is 10.9 Å². The first-order chi connectivity index (χ1) is 11.1. The minimum atomic E-state index is -0.452. The van der Waals surface area contributed by atoms with Crippen LogP contribution < -0.4 is 10.1 Å². The van der Waals surface area contributed by atoms with Gasteiger partial charge in [-0.2, -0.15) is 0 Å². The van der Waals surface area contributed by atoms with Crippen molar-refractivity contribution >= 4 is 28.8 Å². The van der Waals surface area contributed by atoms with E-state index in [2.05, 4.69) is 5.32 Å². The van der Waals surface area contributed by atoms with Crippen molar-refractivity contribution in [2.75, 3.05) is 19.0 Å². The van der Waals surface area contributed by atoms with Crippen LogP contribution in [0.3, 0.4) is 0 Å². The van der Waals surface area contributed by atoms with Gasteiger partial charge in [0.1, 0.15) is 5.75 Å². The van der Waals surface area contributed by atoms with Gasteiger partial charge >= 0.3 is 0 Å². The van der Waals surface area contributed by atoms with E-state index < -0.39 is 4.92 Å². The van der Waals surface area contributed by atoms with Crippen molar-refractivity contribution in [3.63, 3.8) is 0 Å². The van der Waals surface area contributed by atoms with Crippen LogP contribution in [-0.2, 0) is 11.2 Å². The summed E-state index contributed by atoms with van der Waals surface area (Å²) < 4.78 is 10.6. The van der Waals surface area contributed by atoms with Crippen molar-refractivity contribution in [2.45, 2.75) is 6.42 Å². The maximum absolute atomic E-state index is 10.6. The highest BCUT2D eigenvalue weighted by molar-refractivity contribution is 7.80. The average Bonchev–Trinajstić information content (AvgIpc) is 2.55. The molecular weight excluding hydrogens is 316 g/mol. The Morgan fingerprint density at radius 3 is 2.65 bits per heavy atom. The van der Waals surface area contributed by atoms with Gasteiger partial charge in [-0.1, -0.05) is 12.1 Å². The quantitative estimate of drug-likeness (QED) is 0.495. The topological polar surface area (TPSA) is 73.6 Å². The van der Waals surface area contributed by atoms with E-state index in [1.165, 1.54) is 12.1 Å². The maximum atomic E-state index is 10.6. The maximum Gasteiger partial charge on any atom is 0.269 e. The Balaban J connectivity index is 1.79. The number of rotatable bonds is 6. The van der Waals surface area contributed by atoms with E-state index in [0.717, 1.165) is 11.3 Å². The Labute approximate surface area is 139 Å².